The normalized spacial score (nSPS) is 9.69. The number of thiocarbonyl (C=S) groups is 1. The number of rotatable bonds is 1. The highest BCUT2D eigenvalue weighted by atomic mass is 79.9. The van der Waals surface area contributed by atoms with Crippen LogP contribution in [0.2, 0.25) is 0 Å². The third-order valence-corrected chi connectivity index (χ3v) is 2.71. The first-order valence-corrected chi connectivity index (χ1v) is 5.77. The molecule has 0 aliphatic rings. The molecule has 0 saturated heterocycles. The van der Waals surface area contributed by atoms with Crippen LogP contribution in [0, 0.1) is 13.8 Å². The zero-order valence-electron chi connectivity index (χ0n) is 9.04. The first-order valence-electron chi connectivity index (χ1n) is 4.57. The van der Waals surface area contributed by atoms with Gasteiger partial charge in [0.1, 0.15) is 0 Å². The molecular formula is C10H13BrN4S. The summed E-state index contributed by atoms with van der Waals surface area (Å²) in [6.07, 6.45) is 0. The van der Waals surface area contributed by atoms with E-state index in [2.05, 4.69) is 26.2 Å². The van der Waals surface area contributed by atoms with E-state index in [1.54, 1.807) is 0 Å². The lowest BCUT2D eigenvalue weighted by Crippen LogP contribution is -2.25. The number of hydrogen-bond acceptors (Lipinski definition) is 1. The molecule has 0 amide bonds. The Bertz CT molecular complexity index is 429. The summed E-state index contributed by atoms with van der Waals surface area (Å²) in [7, 11) is 0. The fourth-order valence-corrected chi connectivity index (χ4v) is 2.31. The highest BCUT2D eigenvalue weighted by molar-refractivity contribution is 9.10. The molecule has 0 atom stereocenters. The maximum Gasteiger partial charge on any atom is 0.200 e. The van der Waals surface area contributed by atoms with Crippen molar-refractivity contribution in [1.29, 1.82) is 0 Å². The summed E-state index contributed by atoms with van der Waals surface area (Å²) < 4.78 is 0.929. The molecule has 16 heavy (non-hydrogen) atoms. The molecule has 0 unspecified atom stereocenters. The number of nitrogens with two attached hydrogens (primary N) is 2. The van der Waals surface area contributed by atoms with Crippen molar-refractivity contribution < 1.29 is 0 Å². The van der Waals surface area contributed by atoms with Gasteiger partial charge < -0.3 is 16.8 Å². The van der Waals surface area contributed by atoms with Gasteiger partial charge in [0.25, 0.3) is 0 Å². The van der Waals surface area contributed by atoms with Gasteiger partial charge in [0, 0.05) is 4.47 Å². The maximum absolute atomic E-state index is 5.24. The predicted molar refractivity (Wildman–Crippen MR) is 75.6 cm³/mol. The molecule has 1 aromatic carbocycles. The average molecular weight is 301 g/mol. The molecule has 0 bridgehead atoms. The summed E-state index contributed by atoms with van der Waals surface area (Å²) in [4.78, 5) is 3.75. The third-order valence-electron chi connectivity index (χ3n) is 1.89. The van der Waals surface area contributed by atoms with Crippen LogP contribution in [0.15, 0.2) is 21.6 Å². The summed E-state index contributed by atoms with van der Waals surface area (Å²) in [5.41, 5.74) is 13.6. The van der Waals surface area contributed by atoms with Crippen molar-refractivity contribution >= 4 is 44.9 Å². The van der Waals surface area contributed by atoms with E-state index in [-0.39, 0.29) is 11.1 Å². The Morgan fingerprint density at radius 3 is 2.50 bits per heavy atom. The number of halogens is 1. The molecule has 0 heterocycles. The number of guanidine groups is 1. The van der Waals surface area contributed by atoms with Gasteiger partial charge >= 0.3 is 0 Å². The van der Waals surface area contributed by atoms with Gasteiger partial charge in [-0.25, -0.2) is 0 Å². The first kappa shape index (κ1) is 12.9. The smallest absolute Gasteiger partial charge is 0.200 e. The zero-order valence-corrected chi connectivity index (χ0v) is 11.4. The van der Waals surface area contributed by atoms with Crippen LogP contribution < -0.4 is 16.8 Å². The molecule has 4 nitrogen and oxygen atoms in total. The van der Waals surface area contributed by atoms with Crippen LogP contribution in [0.4, 0.5) is 5.69 Å². The summed E-state index contributed by atoms with van der Waals surface area (Å²) in [5, 5.41) is 3.22. The monoisotopic (exact) mass is 300 g/mol. The molecule has 1 rings (SSSR count). The van der Waals surface area contributed by atoms with Gasteiger partial charge in [-0.2, -0.15) is 4.99 Å². The summed E-state index contributed by atoms with van der Waals surface area (Å²) >= 11 is 8.44. The van der Waals surface area contributed by atoms with Gasteiger partial charge in [-0.05, 0) is 59.2 Å². The van der Waals surface area contributed by atoms with E-state index < -0.39 is 0 Å². The fourth-order valence-electron chi connectivity index (χ4n) is 1.33. The molecule has 0 fully saturated rings. The Balaban J connectivity index is 2.98. The van der Waals surface area contributed by atoms with Crippen LogP contribution in [-0.4, -0.2) is 11.1 Å². The average Bonchev–Trinajstić information content (AvgIpc) is 2.09. The van der Waals surface area contributed by atoms with Crippen molar-refractivity contribution in [3.63, 3.8) is 0 Å². The van der Waals surface area contributed by atoms with Crippen LogP contribution in [0.25, 0.3) is 0 Å². The van der Waals surface area contributed by atoms with Crippen molar-refractivity contribution in [2.75, 3.05) is 5.32 Å². The van der Waals surface area contributed by atoms with Crippen LogP contribution in [0.5, 0.6) is 0 Å². The fraction of sp³-hybridized carbons (Fsp3) is 0.200. The lowest BCUT2D eigenvalue weighted by Gasteiger charge is -2.11. The third kappa shape index (κ3) is 3.46. The molecule has 0 aliphatic carbocycles. The molecule has 0 spiro atoms. The molecule has 6 heteroatoms. The second-order valence-corrected chi connectivity index (χ2v) is 4.65. The number of aliphatic imine (C=N–C) groups is 1. The molecule has 0 aliphatic heterocycles. The van der Waals surface area contributed by atoms with E-state index in [0.29, 0.717) is 0 Å². The Morgan fingerprint density at radius 1 is 1.38 bits per heavy atom. The predicted octanol–water partition coefficient (Wildman–Crippen LogP) is 2.04. The van der Waals surface area contributed by atoms with Gasteiger partial charge in [0.2, 0.25) is 5.11 Å². The van der Waals surface area contributed by atoms with Crippen LogP contribution >= 0.6 is 28.1 Å². The highest BCUT2D eigenvalue weighted by Crippen LogP contribution is 2.27. The molecule has 5 N–H and O–H groups in total. The Labute approximate surface area is 108 Å². The summed E-state index contributed by atoms with van der Waals surface area (Å²) in [6.45, 7) is 4.01. The lowest BCUT2D eigenvalue weighted by molar-refractivity contribution is 1.36. The van der Waals surface area contributed by atoms with Gasteiger partial charge in [-0.1, -0.05) is 6.07 Å². The SMILES string of the molecule is Cc1cc(C)c(NC(=S)N=C(N)N)c(Br)c1. The molecule has 0 saturated carbocycles. The van der Waals surface area contributed by atoms with Crippen molar-refractivity contribution in [1.82, 2.24) is 0 Å². The van der Waals surface area contributed by atoms with Crippen LogP contribution in [-0.2, 0) is 0 Å². The maximum atomic E-state index is 5.24. The largest absolute Gasteiger partial charge is 0.370 e. The van der Waals surface area contributed by atoms with Crippen molar-refractivity contribution in [2.24, 2.45) is 16.5 Å². The molecule has 86 valence electrons. The first-order chi connectivity index (χ1) is 7.40. The second kappa shape index (κ2) is 5.27. The van der Waals surface area contributed by atoms with Gasteiger partial charge in [0.05, 0.1) is 5.69 Å². The van der Waals surface area contributed by atoms with E-state index >= 15 is 0 Å². The second-order valence-electron chi connectivity index (χ2n) is 3.41. The topological polar surface area (TPSA) is 76.4 Å². The van der Waals surface area contributed by atoms with E-state index in [9.17, 15) is 0 Å². The molecular weight excluding hydrogens is 288 g/mol. The number of benzene rings is 1. The standard InChI is InChI=1S/C10H13BrN4S/c1-5-3-6(2)8(7(11)4-5)14-10(16)15-9(12)13/h3-4H,1-2H3,(H5,12,13,14,15,16). The summed E-state index contributed by atoms with van der Waals surface area (Å²) in [5.74, 6) is -0.0570. The van der Waals surface area contributed by atoms with Crippen LogP contribution in [0.3, 0.4) is 0 Å². The number of nitrogens with zero attached hydrogens (tertiary/aromatic N) is 1. The van der Waals surface area contributed by atoms with E-state index in [0.717, 1.165) is 15.7 Å². The number of anilines is 1. The van der Waals surface area contributed by atoms with Gasteiger partial charge in [-0.3, -0.25) is 0 Å². The minimum Gasteiger partial charge on any atom is -0.370 e. The van der Waals surface area contributed by atoms with E-state index in [1.807, 2.05) is 26.0 Å². The number of hydrogen-bond donors (Lipinski definition) is 3. The quantitative estimate of drug-likeness (QED) is 0.421. The Morgan fingerprint density at radius 2 is 2.00 bits per heavy atom. The molecule has 0 radical (unpaired) electrons. The van der Waals surface area contributed by atoms with E-state index in [4.69, 9.17) is 23.7 Å². The molecule has 1 aromatic rings. The minimum absolute atomic E-state index is 0.0570. The zero-order chi connectivity index (χ0) is 12.3. The van der Waals surface area contributed by atoms with Gasteiger partial charge in [-0.15, -0.1) is 0 Å². The highest BCUT2D eigenvalue weighted by Gasteiger charge is 2.06. The molecule has 0 aromatic heterocycles. The van der Waals surface area contributed by atoms with Crippen molar-refractivity contribution in [3.05, 3.63) is 27.7 Å². The minimum atomic E-state index is -0.0570. The Hall–Kier alpha value is -1.14. The number of aryl methyl sites for hydroxylation is 2. The van der Waals surface area contributed by atoms with Gasteiger partial charge in [0.15, 0.2) is 5.96 Å². The Kier molecular flexibility index (Phi) is 4.26. The van der Waals surface area contributed by atoms with E-state index in [1.165, 1.54) is 5.56 Å². The van der Waals surface area contributed by atoms with Crippen LogP contribution in [0.1, 0.15) is 11.1 Å². The lowest BCUT2D eigenvalue weighted by atomic mass is 10.1. The van der Waals surface area contributed by atoms with Crippen molar-refractivity contribution in [2.45, 2.75) is 13.8 Å². The van der Waals surface area contributed by atoms with Crippen molar-refractivity contribution in [3.8, 4) is 0 Å². The summed E-state index contributed by atoms with van der Waals surface area (Å²) in [6, 6.07) is 4.04. The number of nitrogens with one attached hydrogen (secondary N) is 1.